The highest BCUT2D eigenvalue weighted by Gasteiger charge is 2.39. The second-order valence-electron chi connectivity index (χ2n) is 9.46. The van der Waals surface area contributed by atoms with Gasteiger partial charge in [-0.1, -0.05) is 56.1 Å². The fraction of sp³-hybridized carbons (Fsp3) is 0.333. The van der Waals surface area contributed by atoms with Gasteiger partial charge >= 0.3 is 12.1 Å². The molecule has 1 aliphatic rings. The van der Waals surface area contributed by atoms with Crippen molar-refractivity contribution >= 4 is 55.6 Å². The molecule has 4 amide bonds. The summed E-state index contributed by atoms with van der Waals surface area (Å²) >= 11 is 6.86. The van der Waals surface area contributed by atoms with Crippen LogP contribution in [-0.4, -0.2) is 44.6 Å². The van der Waals surface area contributed by atoms with Gasteiger partial charge in [-0.25, -0.2) is 9.59 Å². The Morgan fingerprint density at radius 2 is 0.875 bits per heavy atom. The van der Waals surface area contributed by atoms with Gasteiger partial charge in [0.15, 0.2) is 0 Å². The van der Waals surface area contributed by atoms with Gasteiger partial charge in [0.1, 0.15) is 11.7 Å². The Kier molecular flexibility index (Phi) is 6.77. The van der Waals surface area contributed by atoms with Crippen LogP contribution in [0.3, 0.4) is 0 Å². The Bertz CT molecular complexity index is 1000. The third-order valence-corrected chi connectivity index (χ3v) is 5.81. The lowest BCUT2D eigenvalue weighted by molar-refractivity contribution is 0.190. The lowest BCUT2D eigenvalue weighted by Gasteiger charge is -2.40. The summed E-state index contributed by atoms with van der Waals surface area (Å²) in [5, 5.41) is 0. The molecule has 0 bridgehead atoms. The van der Waals surface area contributed by atoms with Crippen LogP contribution >= 0.6 is 31.9 Å². The predicted molar refractivity (Wildman–Crippen MR) is 135 cm³/mol. The Morgan fingerprint density at radius 3 is 1.12 bits per heavy atom. The van der Waals surface area contributed by atoms with Crippen molar-refractivity contribution in [3.63, 3.8) is 0 Å². The van der Waals surface area contributed by atoms with E-state index in [1.165, 1.54) is 9.80 Å². The molecule has 0 aromatic heterocycles. The van der Waals surface area contributed by atoms with Crippen LogP contribution < -0.4 is 0 Å². The Labute approximate surface area is 205 Å². The first kappa shape index (κ1) is 24.3. The van der Waals surface area contributed by atoms with Gasteiger partial charge in [0.25, 0.3) is 0 Å². The van der Waals surface area contributed by atoms with Gasteiger partial charge in [0.05, 0.1) is 0 Å². The number of carbonyl (C=O) groups excluding carboxylic acids is 2. The van der Waals surface area contributed by atoms with E-state index in [-0.39, 0.29) is 11.7 Å². The van der Waals surface area contributed by atoms with E-state index in [0.29, 0.717) is 11.1 Å². The molecule has 1 heterocycles. The third kappa shape index (κ3) is 5.18. The second-order valence-corrected chi connectivity index (χ2v) is 11.3. The summed E-state index contributed by atoms with van der Waals surface area (Å²) in [4.78, 5) is 39.1. The van der Waals surface area contributed by atoms with Crippen LogP contribution in [-0.2, 0) is 0 Å². The summed E-state index contributed by atoms with van der Waals surface area (Å²) in [5.74, 6) is 0.542. The highest BCUT2D eigenvalue weighted by Crippen LogP contribution is 2.27. The molecule has 168 valence electrons. The molecule has 0 N–H and O–H groups in total. The summed E-state index contributed by atoms with van der Waals surface area (Å²) in [6, 6.07) is 13.7. The number of amidine groups is 2. The van der Waals surface area contributed by atoms with Crippen molar-refractivity contribution in [2.75, 3.05) is 0 Å². The Balaban J connectivity index is 2.28. The van der Waals surface area contributed by atoms with Gasteiger partial charge in [0, 0.05) is 31.2 Å². The minimum atomic E-state index is -0.665. The molecule has 0 radical (unpaired) electrons. The van der Waals surface area contributed by atoms with Crippen LogP contribution in [0.25, 0.3) is 0 Å². The second kappa shape index (κ2) is 8.90. The normalized spacial score (nSPS) is 19.1. The summed E-state index contributed by atoms with van der Waals surface area (Å²) in [5.41, 5.74) is -0.0230. The lowest BCUT2D eigenvalue weighted by Crippen LogP contribution is -2.55. The molecule has 0 saturated carbocycles. The van der Waals surface area contributed by atoms with E-state index >= 15 is 0 Å². The van der Waals surface area contributed by atoms with Crippen molar-refractivity contribution < 1.29 is 9.59 Å². The van der Waals surface area contributed by atoms with Crippen LogP contribution in [0.2, 0.25) is 0 Å². The number of benzene rings is 2. The number of urea groups is 2. The van der Waals surface area contributed by atoms with Crippen LogP contribution in [0, 0.1) is 0 Å². The molecule has 0 aliphatic carbocycles. The number of rotatable bonds is 2. The number of halogens is 2. The number of amides is 4. The zero-order valence-electron chi connectivity index (χ0n) is 19.0. The summed E-state index contributed by atoms with van der Waals surface area (Å²) in [6.45, 7) is 11.3. The number of hydrogen-bond donors (Lipinski definition) is 0. The molecule has 0 atom stereocenters. The quantitative estimate of drug-likeness (QED) is 0.402. The molecule has 6 nitrogen and oxygen atoms in total. The highest BCUT2D eigenvalue weighted by atomic mass is 79.9. The number of hydrogen-bond acceptors (Lipinski definition) is 2. The van der Waals surface area contributed by atoms with Gasteiger partial charge in [-0.05, 0) is 65.8 Å². The van der Waals surface area contributed by atoms with Crippen molar-refractivity contribution in [2.45, 2.75) is 52.6 Å². The maximum atomic E-state index is 13.6. The van der Waals surface area contributed by atoms with E-state index in [1.807, 2.05) is 90.1 Å². The summed E-state index contributed by atoms with van der Waals surface area (Å²) in [6.07, 6.45) is 0. The fourth-order valence-electron chi connectivity index (χ4n) is 3.36. The maximum Gasteiger partial charge on any atom is 0.351 e. The van der Waals surface area contributed by atoms with E-state index in [1.54, 1.807) is 0 Å². The largest absolute Gasteiger partial charge is 0.351 e. The molecule has 32 heavy (non-hydrogen) atoms. The fourth-order valence-corrected chi connectivity index (χ4v) is 3.89. The van der Waals surface area contributed by atoms with Crippen LogP contribution in [0.4, 0.5) is 9.59 Å². The topological polar surface area (TPSA) is 65.3 Å². The van der Waals surface area contributed by atoms with Crippen LogP contribution in [0.1, 0.15) is 52.7 Å². The standard InChI is InChI=1S/C24H26Br2N4O2/c1-23(2,3)29-19(15-7-11-17(25)12-8-15)27-22(32)30(24(4,5)6)20(28-21(29)31)16-9-13-18(26)14-10-16/h7-14H,1-6H3/b27-19-,28-20-. The number of nitrogens with zero attached hydrogens (tertiary/aromatic N) is 4. The molecular formula is C24H26Br2N4O2. The van der Waals surface area contributed by atoms with Crippen molar-refractivity contribution in [3.8, 4) is 0 Å². The molecule has 1 aliphatic heterocycles. The lowest BCUT2D eigenvalue weighted by atomic mass is 10.0. The van der Waals surface area contributed by atoms with Gasteiger partial charge in [-0.15, -0.1) is 0 Å². The molecule has 0 saturated heterocycles. The van der Waals surface area contributed by atoms with E-state index in [4.69, 9.17) is 0 Å². The van der Waals surface area contributed by atoms with Crippen molar-refractivity contribution in [3.05, 3.63) is 68.6 Å². The van der Waals surface area contributed by atoms with E-state index in [9.17, 15) is 9.59 Å². The smallest absolute Gasteiger partial charge is 0.271 e. The summed E-state index contributed by atoms with van der Waals surface area (Å²) < 4.78 is 1.78. The van der Waals surface area contributed by atoms with Gasteiger partial charge in [0.2, 0.25) is 0 Å². The zero-order valence-corrected chi connectivity index (χ0v) is 22.2. The molecule has 2 aromatic carbocycles. The van der Waals surface area contributed by atoms with E-state index < -0.39 is 23.1 Å². The first-order valence-electron chi connectivity index (χ1n) is 10.2. The van der Waals surface area contributed by atoms with E-state index in [2.05, 4.69) is 41.8 Å². The van der Waals surface area contributed by atoms with Gasteiger partial charge in [-0.2, -0.15) is 9.98 Å². The SMILES string of the molecule is CC(C)(C)N1C(=O)/N=C(/c2ccc(Br)cc2)N(C(C)(C)C)C(=O)/N=C\1c1ccc(Br)cc1. The van der Waals surface area contributed by atoms with Gasteiger partial charge < -0.3 is 0 Å². The first-order valence-corrected chi connectivity index (χ1v) is 11.8. The van der Waals surface area contributed by atoms with Crippen LogP contribution in [0.15, 0.2) is 67.5 Å². The number of carbonyl (C=O) groups is 2. The predicted octanol–water partition coefficient (Wildman–Crippen LogP) is 6.86. The molecule has 3 rings (SSSR count). The Hall–Kier alpha value is -2.32. The molecular weight excluding hydrogens is 536 g/mol. The average molecular weight is 562 g/mol. The molecule has 0 unspecified atom stereocenters. The van der Waals surface area contributed by atoms with Crippen LogP contribution in [0.5, 0.6) is 0 Å². The van der Waals surface area contributed by atoms with Crippen molar-refractivity contribution in [1.82, 2.24) is 9.80 Å². The number of aliphatic imine (C=N–C) groups is 2. The Morgan fingerprint density at radius 1 is 0.594 bits per heavy atom. The third-order valence-electron chi connectivity index (χ3n) is 4.76. The molecule has 8 heteroatoms. The van der Waals surface area contributed by atoms with E-state index in [0.717, 1.165) is 8.95 Å². The monoisotopic (exact) mass is 560 g/mol. The zero-order chi connectivity index (χ0) is 23.8. The van der Waals surface area contributed by atoms with Crippen molar-refractivity contribution in [1.29, 1.82) is 0 Å². The summed E-state index contributed by atoms with van der Waals surface area (Å²) in [7, 11) is 0. The highest BCUT2D eigenvalue weighted by molar-refractivity contribution is 9.10. The first-order chi connectivity index (χ1) is 14.8. The molecule has 0 fully saturated rings. The van der Waals surface area contributed by atoms with Crippen molar-refractivity contribution in [2.24, 2.45) is 9.98 Å². The minimum absolute atomic E-state index is 0.271. The maximum absolute atomic E-state index is 13.6. The average Bonchev–Trinajstić information content (AvgIpc) is 2.65. The van der Waals surface area contributed by atoms with Gasteiger partial charge in [-0.3, -0.25) is 9.80 Å². The minimum Gasteiger partial charge on any atom is -0.271 e. The molecule has 0 spiro atoms. The molecule has 2 aromatic rings.